The molecule has 0 heterocycles. The number of Topliss-reactive ketones (excluding diaryl/α,β-unsaturated/α-hetero) is 2. The Balaban J connectivity index is 1.89. The van der Waals surface area contributed by atoms with Crippen molar-refractivity contribution in [2.24, 2.45) is 5.92 Å². The SMILES string of the molecule is COC(C1=CC=C(Cl)CC1C(=O)C(=O)c1ccccc1)c1ccc(OC(F)(F)F)cc1. The van der Waals surface area contributed by atoms with E-state index in [2.05, 4.69) is 4.74 Å². The van der Waals surface area contributed by atoms with Crippen LogP contribution < -0.4 is 4.74 Å². The van der Waals surface area contributed by atoms with Crippen LogP contribution in [0.4, 0.5) is 13.2 Å². The molecule has 2 aromatic carbocycles. The maximum absolute atomic E-state index is 13.0. The Morgan fingerprint density at radius 3 is 2.26 bits per heavy atom. The maximum Gasteiger partial charge on any atom is 0.573 e. The molecule has 0 saturated heterocycles. The molecule has 2 atom stereocenters. The molecule has 0 aromatic heterocycles. The van der Waals surface area contributed by atoms with E-state index < -0.39 is 30.0 Å². The minimum atomic E-state index is -4.80. The third-order valence-corrected chi connectivity index (χ3v) is 5.07. The Morgan fingerprint density at radius 1 is 1.03 bits per heavy atom. The van der Waals surface area contributed by atoms with Gasteiger partial charge in [0.25, 0.3) is 0 Å². The van der Waals surface area contributed by atoms with Crippen LogP contribution in [-0.4, -0.2) is 25.0 Å². The molecule has 8 heteroatoms. The summed E-state index contributed by atoms with van der Waals surface area (Å²) in [6.07, 6.45) is -2.22. The van der Waals surface area contributed by atoms with Crippen LogP contribution in [-0.2, 0) is 9.53 Å². The van der Waals surface area contributed by atoms with Gasteiger partial charge in [0.15, 0.2) is 0 Å². The summed E-state index contributed by atoms with van der Waals surface area (Å²) in [5, 5.41) is 0.409. The Kier molecular flexibility index (Phi) is 6.97. The topological polar surface area (TPSA) is 52.6 Å². The van der Waals surface area contributed by atoms with Crippen molar-refractivity contribution in [2.45, 2.75) is 18.9 Å². The van der Waals surface area contributed by atoms with Crippen molar-refractivity contribution in [1.29, 1.82) is 0 Å². The molecular formula is C23H18ClF3O4. The number of benzene rings is 2. The number of methoxy groups -OCH3 is 1. The maximum atomic E-state index is 13.0. The van der Waals surface area contributed by atoms with Gasteiger partial charge in [-0.3, -0.25) is 9.59 Å². The van der Waals surface area contributed by atoms with Crippen LogP contribution in [0.3, 0.4) is 0 Å². The van der Waals surface area contributed by atoms with Crippen LogP contribution in [0.25, 0.3) is 0 Å². The lowest BCUT2D eigenvalue weighted by Gasteiger charge is -2.28. The van der Waals surface area contributed by atoms with Crippen LogP contribution in [0.5, 0.6) is 5.75 Å². The van der Waals surface area contributed by atoms with Crippen LogP contribution in [0.1, 0.15) is 28.4 Å². The number of halogens is 4. The van der Waals surface area contributed by atoms with Crippen molar-refractivity contribution in [1.82, 2.24) is 0 Å². The summed E-state index contributed by atoms with van der Waals surface area (Å²) in [5.41, 5.74) is 1.26. The summed E-state index contributed by atoms with van der Waals surface area (Å²) in [6, 6.07) is 13.3. The smallest absolute Gasteiger partial charge is 0.406 e. The normalized spacial score (nSPS) is 17.4. The fourth-order valence-electron chi connectivity index (χ4n) is 3.40. The van der Waals surface area contributed by atoms with Gasteiger partial charge in [-0.2, -0.15) is 0 Å². The predicted molar refractivity (Wildman–Crippen MR) is 109 cm³/mol. The zero-order valence-corrected chi connectivity index (χ0v) is 17.1. The molecule has 0 spiro atoms. The van der Waals surface area contributed by atoms with E-state index in [1.807, 2.05) is 0 Å². The highest BCUT2D eigenvalue weighted by Gasteiger charge is 2.36. The van der Waals surface area contributed by atoms with Crippen LogP contribution in [0, 0.1) is 5.92 Å². The first-order chi connectivity index (χ1) is 14.7. The van der Waals surface area contributed by atoms with Gasteiger partial charge >= 0.3 is 6.36 Å². The number of hydrogen-bond acceptors (Lipinski definition) is 4. The molecule has 0 fully saturated rings. The molecular weight excluding hydrogens is 433 g/mol. The van der Waals surface area contributed by atoms with Gasteiger partial charge in [-0.05, 0) is 35.8 Å². The Hall–Kier alpha value is -2.90. The third kappa shape index (κ3) is 5.62. The molecule has 2 unspecified atom stereocenters. The molecule has 162 valence electrons. The first-order valence-electron chi connectivity index (χ1n) is 9.28. The molecule has 1 aliphatic carbocycles. The van der Waals surface area contributed by atoms with Crippen LogP contribution in [0.15, 0.2) is 77.4 Å². The predicted octanol–water partition coefficient (Wildman–Crippen LogP) is 5.79. The standard InChI is InChI=1S/C23H18ClF3O4/c1-30-22(15-7-10-17(11-8-15)31-23(25,26)27)18-12-9-16(24)13-19(18)21(29)20(28)14-5-3-2-4-6-14/h2-12,19,22H,13H2,1H3. The van der Waals surface area contributed by atoms with Crippen molar-refractivity contribution in [3.8, 4) is 5.75 Å². The summed E-state index contributed by atoms with van der Waals surface area (Å²) < 4.78 is 46.7. The number of allylic oxidation sites excluding steroid dienone is 3. The van der Waals surface area contributed by atoms with Gasteiger partial charge in [0, 0.05) is 17.7 Å². The quantitative estimate of drug-likeness (QED) is 0.395. The highest BCUT2D eigenvalue weighted by Crippen LogP contribution is 2.39. The van der Waals surface area contributed by atoms with Gasteiger partial charge < -0.3 is 9.47 Å². The van der Waals surface area contributed by atoms with Crippen molar-refractivity contribution in [2.75, 3.05) is 7.11 Å². The van der Waals surface area contributed by atoms with Gasteiger partial charge in [-0.15, -0.1) is 13.2 Å². The molecule has 4 nitrogen and oxygen atoms in total. The van der Waals surface area contributed by atoms with Crippen LogP contribution >= 0.6 is 11.6 Å². The summed E-state index contributed by atoms with van der Waals surface area (Å²) in [6.45, 7) is 0. The molecule has 0 saturated carbocycles. The van der Waals surface area contributed by atoms with E-state index in [9.17, 15) is 22.8 Å². The van der Waals surface area contributed by atoms with E-state index in [0.29, 0.717) is 16.2 Å². The van der Waals surface area contributed by atoms with Gasteiger partial charge in [-0.25, -0.2) is 0 Å². The molecule has 1 aliphatic rings. The second-order valence-corrected chi connectivity index (χ2v) is 7.31. The van der Waals surface area contributed by atoms with E-state index in [1.54, 1.807) is 42.5 Å². The summed E-state index contributed by atoms with van der Waals surface area (Å²) in [5.74, 6) is -2.52. The first kappa shape index (κ1) is 22.8. The number of hydrogen-bond donors (Lipinski definition) is 0. The molecule has 0 bridgehead atoms. The molecule has 2 aromatic rings. The van der Waals surface area contributed by atoms with Crippen molar-refractivity contribution in [3.63, 3.8) is 0 Å². The summed E-state index contributed by atoms with van der Waals surface area (Å²) >= 11 is 6.14. The highest BCUT2D eigenvalue weighted by molar-refractivity contribution is 6.45. The molecule has 31 heavy (non-hydrogen) atoms. The lowest BCUT2D eigenvalue weighted by Crippen LogP contribution is -2.29. The summed E-state index contributed by atoms with van der Waals surface area (Å²) in [7, 11) is 1.41. The molecule has 0 N–H and O–H groups in total. The Labute approximate surface area is 181 Å². The second kappa shape index (κ2) is 9.49. The zero-order valence-electron chi connectivity index (χ0n) is 16.4. The number of rotatable bonds is 7. The third-order valence-electron chi connectivity index (χ3n) is 4.79. The molecule has 0 aliphatic heterocycles. The zero-order chi connectivity index (χ0) is 22.6. The lowest BCUT2D eigenvalue weighted by atomic mass is 9.80. The van der Waals surface area contributed by atoms with Gasteiger partial charge in [-0.1, -0.05) is 60.1 Å². The second-order valence-electron chi connectivity index (χ2n) is 6.83. The number of alkyl halides is 3. The number of ether oxygens (including phenoxy) is 2. The van der Waals surface area contributed by atoms with E-state index >= 15 is 0 Å². The van der Waals surface area contributed by atoms with Gasteiger partial charge in [0.2, 0.25) is 11.6 Å². The fraction of sp³-hybridized carbons (Fsp3) is 0.217. The van der Waals surface area contributed by atoms with E-state index in [1.165, 1.54) is 19.2 Å². The highest BCUT2D eigenvalue weighted by atomic mass is 35.5. The van der Waals surface area contributed by atoms with Gasteiger partial charge in [0.1, 0.15) is 11.9 Å². The molecule has 0 amide bonds. The first-order valence-corrected chi connectivity index (χ1v) is 9.65. The summed E-state index contributed by atoms with van der Waals surface area (Å²) in [4.78, 5) is 25.8. The number of carbonyl (C=O) groups excluding carboxylic acids is 2. The minimum absolute atomic E-state index is 0.125. The van der Waals surface area contributed by atoms with Gasteiger partial charge in [0.05, 0.1) is 5.92 Å². The van der Waals surface area contributed by atoms with E-state index in [4.69, 9.17) is 16.3 Å². The molecule has 3 rings (SSSR count). The Morgan fingerprint density at radius 2 is 1.68 bits per heavy atom. The number of ketones is 2. The van der Waals surface area contributed by atoms with Crippen molar-refractivity contribution >= 4 is 23.2 Å². The average Bonchev–Trinajstić information content (AvgIpc) is 2.75. The molecule has 0 radical (unpaired) electrons. The monoisotopic (exact) mass is 450 g/mol. The number of carbonyl (C=O) groups is 2. The van der Waals surface area contributed by atoms with Crippen LogP contribution in [0.2, 0.25) is 0 Å². The average molecular weight is 451 g/mol. The largest absolute Gasteiger partial charge is 0.573 e. The van der Waals surface area contributed by atoms with E-state index in [0.717, 1.165) is 12.1 Å². The van der Waals surface area contributed by atoms with Crippen molar-refractivity contribution in [3.05, 3.63) is 88.5 Å². The van der Waals surface area contributed by atoms with E-state index in [-0.39, 0.29) is 17.7 Å². The Bertz CT molecular complexity index is 1010. The fourth-order valence-corrected chi connectivity index (χ4v) is 3.61. The van der Waals surface area contributed by atoms with Crippen molar-refractivity contribution < 1.29 is 32.2 Å². The lowest BCUT2D eigenvalue weighted by molar-refractivity contribution is -0.274. The minimum Gasteiger partial charge on any atom is -0.406 e.